The molecule has 0 bridgehead atoms. The first-order valence-corrected chi connectivity index (χ1v) is 7.73. The smallest absolute Gasteiger partial charge is 0.263 e. The van der Waals surface area contributed by atoms with Gasteiger partial charge in [-0.15, -0.1) is 11.3 Å². The van der Waals surface area contributed by atoms with E-state index >= 15 is 0 Å². The number of carbonyl (C=O) groups excluding carboxylic acids is 1. The summed E-state index contributed by atoms with van der Waals surface area (Å²) in [6.45, 7) is 3.83. The average Bonchev–Trinajstić information content (AvgIpc) is 2.74. The quantitative estimate of drug-likeness (QED) is 0.871. The first-order chi connectivity index (χ1) is 9.62. The van der Waals surface area contributed by atoms with Crippen LogP contribution in [0.4, 0.5) is 10.7 Å². The lowest BCUT2D eigenvalue weighted by Gasteiger charge is -2.32. The van der Waals surface area contributed by atoms with Gasteiger partial charge in [-0.2, -0.15) is 5.26 Å². The third kappa shape index (κ3) is 2.59. The number of nitrogens with two attached hydrogens (primary N) is 1. The van der Waals surface area contributed by atoms with Gasteiger partial charge in [0.05, 0.1) is 5.69 Å². The van der Waals surface area contributed by atoms with E-state index in [0.717, 1.165) is 18.1 Å². The first kappa shape index (κ1) is 14.7. The zero-order valence-electron chi connectivity index (χ0n) is 11.9. The molecular formula is C14H20N4OS. The summed E-state index contributed by atoms with van der Waals surface area (Å²) in [5.74, 6) is 0.475. The predicted molar refractivity (Wildman–Crippen MR) is 82.1 cm³/mol. The molecule has 1 amide bonds. The highest BCUT2D eigenvalue weighted by molar-refractivity contribution is 7.19. The lowest BCUT2D eigenvalue weighted by atomic mass is 9.85. The van der Waals surface area contributed by atoms with Crippen LogP contribution in [0.25, 0.3) is 0 Å². The Morgan fingerprint density at radius 3 is 2.75 bits per heavy atom. The van der Waals surface area contributed by atoms with Gasteiger partial charge in [-0.25, -0.2) is 0 Å². The van der Waals surface area contributed by atoms with Crippen molar-refractivity contribution in [3.05, 3.63) is 10.4 Å². The largest absolute Gasteiger partial charge is 0.396 e. The maximum absolute atomic E-state index is 11.8. The predicted octanol–water partition coefficient (Wildman–Crippen LogP) is 2.19. The fraction of sp³-hybridized carbons (Fsp3) is 0.571. The van der Waals surface area contributed by atoms with E-state index < -0.39 is 0 Å². The minimum absolute atomic E-state index is 0.227. The van der Waals surface area contributed by atoms with Gasteiger partial charge >= 0.3 is 0 Å². The van der Waals surface area contributed by atoms with Crippen LogP contribution < -0.4 is 16.0 Å². The number of nitrogen functional groups attached to an aromatic ring is 1. The second-order valence-corrected chi connectivity index (χ2v) is 6.05. The van der Waals surface area contributed by atoms with Gasteiger partial charge in [0.15, 0.2) is 0 Å². The van der Waals surface area contributed by atoms with Gasteiger partial charge in [-0.05, 0) is 25.7 Å². The lowest BCUT2D eigenvalue weighted by molar-refractivity contribution is 0.0968. The third-order valence-corrected chi connectivity index (χ3v) is 5.11. The van der Waals surface area contributed by atoms with E-state index in [0.29, 0.717) is 22.0 Å². The average molecular weight is 292 g/mol. The van der Waals surface area contributed by atoms with E-state index in [1.54, 1.807) is 7.05 Å². The SMILES string of the molecule is CCN(CC1CCC1)c1sc(C(=O)NC)c(N)c1C#N. The van der Waals surface area contributed by atoms with Crippen molar-refractivity contribution in [2.45, 2.75) is 26.2 Å². The molecule has 0 aromatic carbocycles. The normalized spacial score (nSPS) is 14.4. The Kier molecular flexibility index (Phi) is 4.50. The summed E-state index contributed by atoms with van der Waals surface area (Å²) in [4.78, 5) is 14.4. The molecule has 0 radical (unpaired) electrons. The number of thiophene rings is 1. The molecule has 1 heterocycles. The van der Waals surface area contributed by atoms with E-state index in [1.165, 1.54) is 30.6 Å². The molecule has 1 aliphatic carbocycles. The summed E-state index contributed by atoms with van der Waals surface area (Å²) in [6, 6.07) is 2.15. The molecule has 5 nitrogen and oxygen atoms in total. The highest BCUT2D eigenvalue weighted by Crippen LogP contribution is 2.39. The number of hydrogen-bond acceptors (Lipinski definition) is 5. The summed E-state index contributed by atoms with van der Waals surface area (Å²) in [5.41, 5.74) is 6.71. The van der Waals surface area contributed by atoms with Crippen LogP contribution in [-0.4, -0.2) is 26.0 Å². The minimum Gasteiger partial charge on any atom is -0.396 e. The first-order valence-electron chi connectivity index (χ1n) is 6.91. The van der Waals surface area contributed by atoms with E-state index in [-0.39, 0.29) is 5.91 Å². The molecule has 0 spiro atoms. The van der Waals surface area contributed by atoms with E-state index in [1.807, 2.05) is 0 Å². The summed E-state index contributed by atoms with van der Waals surface area (Å²) < 4.78 is 0. The van der Waals surface area contributed by atoms with Crippen LogP contribution in [0.5, 0.6) is 0 Å². The van der Waals surface area contributed by atoms with Crippen LogP contribution >= 0.6 is 11.3 Å². The van der Waals surface area contributed by atoms with E-state index in [4.69, 9.17) is 5.73 Å². The van der Waals surface area contributed by atoms with Crippen LogP contribution in [0.1, 0.15) is 41.4 Å². The molecule has 2 rings (SSSR count). The Morgan fingerprint density at radius 2 is 2.30 bits per heavy atom. The van der Waals surface area contributed by atoms with Crippen molar-refractivity contribution in [1.29, 1.82) is 5.26 Å². The number of amides is 1. The van der Waals surface area contributed by atoms with Crippen molar-refractivity contribution in [3.63, 3.8) is 0 Å². The van der Waals surface area contributed by atoms with Gasteiger partial charge in [0.1, 0.15) is 21.5 Å². The molecule has 1 aliphatic rings. The molecule has 1 aromatic rings. The maximum Gasteiger partial charge on any atom is 0.263 e. The van der Waals surface area contributed by atoms with Crippen LogP contribution in [0.3, 0.4) is 0 Å². The topological polar surface area (TPSA) is 82.2 Å². The molecular weight excluding hydrogens is 272 g/mol. The van der Waals surface area contributed by atoms with Crippen LogP contribution in [0.2, 0.25) is 0 Å². The number of nitrogens with zero attached hydrogens (tertiary/aromatic N) is 2. The van der Waals surface area contributed by atoms with Crippen molar-refractivity contribution in [3.8, 4) is 6.07 Å². The van der Waals surface area contributed by atoms with Crippen molar-refractivity contribution in [1.82, 2.24) is 5.32 Å². The highest BCUT2D eigenvalue weighted by atomic mass is 32.1. The van der Waals surface area contributed by atoms with Crippen LogP contribution in [0, 0.1) is 17.2 Å². The highest BCUT2D eigenvalue weighted by Gasteiger charge is 2.26. The molecule has 0 aliphatic heterocycles. The lowest BCUT2D eigenvalue weighted by Crippen LogP contribution is -2.32. The van der Waals surface area contributed by atoms with Gasteiger partial charge in [0.2, 0.25) is 0 Å². The fourth-order valence-electron chi connectivity index (χ4n) is 2.39. The Hall–Kier alpha value is -1.74. The molecule has 20 heavy (non-hydrogen) atoms. The Balaban J connectivity index is 2.33. The minimum atomic E-state index is -0.227. The van der Waals surface area contributed by atoms with Crippen LogP contribution in [0.15, 0.2) is 0 Å². The number of hydrogen-bond donors (Lipinski definition) is 2. The summed E-state index contributed by atoms with van der Waals surface area (Å²) in [5, 5.41) is 12.7. The number of anilines is 2. The van der Waals surface area contributed by atoms with Crippen molar-refractivity contribution < 1.29 is 4.79 Å². The molecule has 1 aromatic heterocycles. The molecule has 0 unspecified atom stereocenters. The van der Waals surface area contributed by atoms with Crippen molar-refractivity contribution in [2.24, 2.45) is 5.92 Å². The Morgan fingerprint density at radius 1 is 1.60 bits per heavy atom. The zero-order valence-corrected chi connectivity index (χ0v) is 12.7. The third-order valence-electron chi connectivity index (χ3n) is 3.84. The fourth-order valence-corrected chi connectivity index (χ4v) is 3.58. The van der Waals surface area contributed by atoms with Gasteiger partial charge in [0, 0.05) is 20.1 Å². The van der Waals surface area contributed by atoms with Gasteiger partial charge in [-0.3, -0.25) is 4.79 Å². The molecule has 1 fully saturated rings. The van der Waals surface area contributed by atoms with Crippen molar-refractivity contribution >= 4 is 27.9 Å². The Bertz CT molecular complexity index is 542. The molecule has 6 heteroatoms. The van der Waals surface area contributed by atoms with Crippen LogP contribution in [-0.2, 0) is 0 Å². The van der Waals surface area contributed by atoms with E-state index in [2.05, 4.69) is 23.2 Å². The molecule has 1 saturated carbocycles. The molecule has 0 atom stereocenters. The number of nitrogens with one attached hydrogen (secondary N) is 1. The Labute approximate surface area is 123 Å². The molecule has 108 valence electrons. The van der Waals surface area contributed by atoms with Gasteiger partial charge in [-0.1, -0.05) is 6.42 Å². The van der Waals surface area contributed by atoms with E-state index in [9.17, 15) is 10.1 Å². The monoisotopic (exact) mass is 292 g/mol. The summed E-state index contributed by atoms with van der Waals surface area (Å²) in [6.07, 6.45) is 3.80. The number of carbonyl (C=O) groups is 1. The number of rotatable bonds is 5. The second-order valence-electron chi connectivity index (χ2n) is 5.05. The maximum atomic E-state index is 11.8. The zero-order chi connectivity index (χ0) is 14.7. The van der Waals surface area contributed by atoms with Crippen molar-refractivity contribution in [2.75, 3.05) is 30.8 Å². The number of nitriles is 1. The summed E-state index contributed by atoms with van der Waals surface area (Å²) in [7, 11) is 1.57. The summed E-state index contributed by atoms with van der Waals surface area (Å²) >= 11 is 1.32. The van der Waals surface area contributed by atoms with Gasteiger partial charge in [0.25, 0.3) is 5.91 Å². The van der Waals surface area contributed by atoms with Gasteiger partial charge < -0.3 is 16.0 Å². The molecule has 3 N–H and O–H groups in total. The standard InChI is InChI=1S/C14H20N4OS/c1-3-18(8-9-5-4-6-9)14-10(7-15)11(16)12(20-14)13(19)17-2/h9H,3-6,8,16H2,1-2H3,(H,17,19). The second kappa shape index (κ2) is 6.14. The molecule has 0 saturated heterocycles.